The normalized spacial score (nSPS) is 11.1. The molecule has 2 aromatic carbocycles. The number of benzene rings is 2. The molecule has 2 rings (SSSR count). The van der Waals surface area contributed by atoms with Crippen LogP contribution in [0.5, 0.6) is 0 Å². The van der Waals surface area contributed by atoms with E-state index < -0.39 is 0 Å². The lowest BCUT2D eigenvalue weighted by Crippen LogP contribution is -2.06. The fourth-order valence-corrected chi connectivity index (χ4v) is 1.85. The first kappa shape index (κ1) is 13.8. The Morgan fingerprint density at radius 2 is 1.60 bits per heavy atom. The van der Waals surface area contributed by atoms with Gasteiger partial charge >= 0.3 is 0 Å². The van der Waals surface area contributed by atoms with Crippen LogP contribution < -0.4 is 5.73 Å². The number of aliphatic hydroxyl groups is 1. The second-order valence-corrected chi connectivity index (χ2v) is 4.27. The molecule has 0 radical (unpaired) electrons. The highest BCUT2D eigenvalue weighted by Crippen LogP contribution is 2.14. The van der Waals surface area contributed by atoms with Crippen molar-refractivity contribution < 1.29 is 5.11 Å². The van der Waals surface area contributed by atoms with Gasteiger partial charge in [0.15, 0.2) is 0 Å². The summed E-state index contributed by atoms with van der Waals surface area (Å²) in [5.41, 5.74) is 9.60. The number of nitrogen functional groups attached to an aromatic ring is 1. The Morgan fingerprint density at radius 3 is 2.10 bits per heavy atom. The molecule has 0 atom stereocenters. The molecule has 0 aliphatic heterocycles. The second kappa shape index (κ2) is 6.50. The zero-order valence-electron chi connectivity index (χ0n) is 11.0. The quantitative estimate of drug-likeness (QED) is 0.655. The van der Waals surface area contributed by atoms with Crippen LogP contribution in [0, 0.1) is 11.3 Å². The predicted octanol–water partition coefficient (Wildman–Crippen LogP) is 1.97. The van der Waals surface area contributed by atoms with Crippen LogP contribution in [0.25, 0.3) is 0 Å². The van der Waals surface area contributed by atoms with Gasteiger partial charge in [-0.2, -0.15) is 5.26 Å². The molecule has 0 bridgehead atoms. The molecule has 0 spiro atoms. The van der Waals surface area contributed by atoms with E-state index in [0.29, 0.717) is 17.8 Å². The molecule has 100 valence electrons. The van der Waals surface area contributed by atoms with Crippen LogP contribution in [-0.4, -0.2) is 24.0 Å². The number of aliphatic imine (C=N–C) groups is 1. The van der Waals surface area contributed by atoms with E-state index in [-0.39, 0.29) is 6.61 Å². The minimum atomic E-state index is -0.00521. The van der Waals surface area contributed by atoms with Crippen LogP contribution >= 0.6 is 0 Å². The molecule has 0 saturated heterocycles. The molecule has 0 amide bonds. The van der Waals surface area contributed by atoms with Gasteiger partial charge in [0.25, 0.3) is 0 Å². The summed E-state index contributed by atoms with van der Waals surface area (Å²) < 4.78 is 0. The molecule has 2 aromatic rings. The average molecular weight is 265 g/mol. The molecule has 3 N–H and O–H groups in total. The molecule has 0 aromatic heterocycles. The Bertz CT molecular complexity index is 637. The molecule has 0 aliphatic carbocycles. The fourth-order valence-electron chi connectivity index (χ4n) is 1.85. The van der Waals surface area contributed by atoms with E-state index in [4.69, 9.17) is 16.1 Å². The van der Waals surface area contributed by atoms with Gasteiger partial charge in [-0.15, -0.1) is 0 Å². The molecule has 4 nitrogen and oxygen atoms in total. The summed E-state index contributed by atoms with van der Waals surface area (Å²) in [5, 5.41) is 17.8. The number of nitrogens with two attached hydrogens (primary N) is 1. The largest absolute Gasteiger partial charge is 0.399 e. The summed E-state index contributed by atoms with van der Waals surface area (Å²) >= 11 is 0. The van der Waals surface area contributed by atoms with Crippen LogP contribution in [0.2, 0.25) is 0 Å². The van der Waals surface area contributed by atoms with Crippen molar-refractivity contribution >= 4 is 11.4 Å². The highest BCUT2D eigenvalue weighted by molar-refractivity contribution is 6.13. The van der Waals surface area contributed by atoms with Gasteiger partial charge in [-0.25, -0.2) is 0 Å². The Morgan fingerprint density at radius 1 is 1.05 bits per heavy atom. The van der Waals surface area contributed by atoms with Crippen molar-refractivity contribution in [3.05, 3.63) is 65.2 Å². The third-order valence-electron chi connectivity index (χ3n) is 2.84. The molecule has 20 heavy (non-hydrogen) atoms. The minimum Gasteiger partial charge on any atom is -0.399 e. The maximum Gasteiger partial charge on any atom is 0.0991 e. The number of nitrogens with zero attached hydrogens (tertiary/aromatic N) is 2. The molecule has 0 fully saturated rings. The second-order valence-electron chi connectivity index (χ2n) is 4.27. The number of aliphatic hydroxyl groups excluding tert-OH is 1. The summed E-state index contributed by atoms with van der Waals surface area (Å²) in [7, 11) is 0. The van der Waals surface area contributed by atoms with Gasteiger partial charge in [0, 0.05) is 16.8 Å². The summed E-state index contributed by atoms with van der Waals surface area (Å²) in [6, 6.07) is 16.7. The topological polar surface area (TPSA) is 82.4 Å². The molecule has 0 heterocycles. The Balaban J connectivity index is 2.41. The number of anilines is 1. The lowest BCUT2D eigenvalue weighted by atomic mass is 10.0. The van der Waals surface area contributed by atoms with Crippen molar-refractivity contribution in [3.63, 3.8) is 0 Å². The zero-order valence-corrected chi connectivity index (χ0v) is 11.0. The fraction of sp³-hybridized carbons (Fsp3) is 0.125. The van der Waals surface area contributed by atoms with Gasteiger partial charge in [-0.05, 0) is 24.3 Å². The molecule has 0 saturated carbocycles. The summed E-state index contributed by atoms with van der Waals surface area (Å²) in [5.74, 6) is 0. The molecule has 4 heteroatoms. The molecule has 0 aliphatic rings. The Kier molecular flexibility index (Phi) is 4.48. The van der Waals surface area contributed by atoms with E-state index in [1.54, 1.807) is 12.1 Å². The van der Waals surface area contributed by atoms with Gasteiger partial charge in [-0.3, -0.25) is 4.99 Å². The van der Waals surface area contributed by atoms with Crippen molar-refractivity contribution in [2.24, 2.45) is 4.99 Å². The first-order valence-electron chi connectivity index (χ1n) is 6.26. The van der Waals surface area contributed by atoms with Gasteiger partial charge in [0.1, 0.15) is 0 Å². The Labute approximate surface area is 117 Å². The number of hydrogen-bond donors (Lipinski definition) is 2. The van der Waals surface area contributed by atoms with Crippen molar-refractivity contribution in [1.82, 2.24) is 0 Å². The standard InChI is InChI=1S/C16H15N3O/c17-11-12-1-3-13(4-2-12)16(19-9-10-20)14-5-7-15(18)8-6-14/h1-8,20H,9-10,18H2/b19-16+. The first-order valence-corrected chi connectivity index (χ1v) is 6.26. The number of nitriles is 1. The predicted molar refractivity (Wildman–Crippen MR) is 79.6 cm³/mol. The van der Waals surface area contributed by atoms with Crippen LogP contribution in [0.1, 0.15) is 16.7 Å². The minimum absolute atomic E-state index is 0.00521. The summed E-state index contributed by atoms with van der Waals surface area (Å²) in [6.07, 6.45) is 0. The van der Waals surface area contributed by atoms with E-state index in [2.05, 4.69) is 11.1 Å². The average Bonchev–Trinajstić information content (AvgIpc) is 2.50. The molecular formula is C16H15N3O. The van der Waals surface area contributed by atoms with Crippen LogP contribution in [-0.2, 0) is 0 Å². The maximum atomic E-state index is 8.97. The highest BCUT2D eigenvalue weighted by atomic mass is 16.3. The summed E-state index contributed by atoms with van der Waals surface area (Å²) in [4.78, 5) is 4.41. The van der Waals surface area contributed by atoms with E-state index >= 15 is 0 Å². The van der Waals surface area contributed by atoms with E-state index in [1.807, 2.05) is 36.4 Å². The lowest BCUT2D eigenvalue weighted by molar-refractivity contribution is 0.307. The smallest absolute Gasteiger partial charge is 0.0991 e. The maximum absolute atomic E-state index is 8.97. The Hall–Kier alpha value is -2.64. The van der Waals surface area contributed by atoms with E-state index in [9.17, 15) is 0 Å². The van der Waals surface area contributed by atoms with Gasteiger partial charge < -0.3 is 10.8 Å². The lowest BCUT2D eigenvalue weighted by Gasteiger charge is -2.08. The monoisotopic (exact) mass is 265 g/mol. The SMILES string of the molecule is N#Cc1ccc(/C(=N\CCO)c2ccc(N)cc2)cc1. The van der Waals surface area contributed by atoms with Crippen LogP contribution in [0.4, 0.5) is 5.69 Å². The van der Waals surface area contributed by atoms with Crippen molar-refractivity contribution in [1.29, 1.82) is 5.26 Å². The summed E-state index contributed by atoms with van der Waals surface area (Å²) in [6.45, 7) is 0.328. The third-order valence-corrected chi connectivity index (χ3v) is 2.84. The number of rotatable bonds is 4. The van der Waals surface area contributed by atoms with Crippen molar-refractivity contribution in [3.8, 4) is 6.07 Å². The van der Waals surface area contributed by atoms with E-state index in [0.717, 1.165) is 16.8 Å². The third kappa shape index (κ3) is 3.22. The molecule has 0 unspecified atom stereocenters. The highest BCUT2D eigenvalue weighted by Gasteiger charge is 2.06. The van der Waals surface area contributed by atoms with E-state index in [1.165, 1.54) is 0 Å². The number of hydrogen-bond acceptors (Lipinski definition) is 4. The first-order chi connectivity index (χ1) is 9.74. The van der Waals surface area contributed by atoms with Gasteiger partial charge in [-0.1, -0.05) is 24.3 Å². The van der Waals surface area contributed by atoms with Crippen molar-refractivity contribution in [2.75, 3.05) is 18.9 Å². The zero-order chi connectivity index (χ0) is 14.4. The molecular weight excluding hydrogens is 250 g/mol. The van der Waals surface area contributed by atoms with Gasteiger partial charge in [0.2, 0.25) is 0 Å². The van der Waals surface area contributed by atoms with Crippen molar-refractivity contribution in [2.45, 2.75) is 0 Å². The van der Waals surface area contributed by atoms with Crippen LogP contribution in [0.3, 0.4) is 0 Å². The van der Waals surface area contributed by atoms with Gasteiger partial charge in [0.05, 0.1) is 30.5 Å². The van der Waals surface area contributed by atoms with Crippen LogP contribution in [0.15, 0.2) is 53.5 Å².